The second kappa shape index (κ2) is 2.89. The van der Waals surface area contributed by atoms with E-state index in [4.69, 9.17) is 5.73 Å². The van der Waals surface area contributed by atoms with Crippen molar-refractivity contribution in [2.45, 2.75) is 18.4 Å². The van der Waals surface area contributed by atoms with Gasteiger partial charge in [0.15, 0.2) is 0 Å². The zero-order valence-corrected chi connectivity index (χ0v) is 7.40. The Balaban J connectivity index is 2.17. The van der Waals surface area contributed by atoms with Gasteiger partial charge in [0.05, 0.1) is 0 Å². The molecule has 0 aromatic heterocycles. The Labute approximate surface area is 77.7 Å². The average Bonchev–Trinajstić information content (AvgIpc) is 2.83. The van der Waals surface area contributed by atoms with Crippen molar-refractivity contribution >= 4 is 6.08 Å². The fraction of sp³-hybridized carbons (Fsp3) is 0.273. The Morgan fingerprint density at radius 1 is 1.31 bits per heavy atom. The van der Waals surface area contributed by atoms with Crippen molar-refractivity contribution in [3.8, 4) is 5.75 Å². The summed E-state index contributed by atoms with van der Waals surface area (Å²) < 4.78 is 0. The first-order valence-electron chi connectivity index (χ1n) is 4.46. The number of hydrogen-bond acceptors (Lipinski definition) is 2. The molecule has 2 rings (SSSR count). The fourth-order valence-corrected chi connectivity index (χ4v) is 1.20. The molecule has 0 heterocycles. The van der Waals surface area contributed by atoms with Crippen LogP contribution in [-0.4, -0.2) is 10.6 Å². The highest BCUT2D eigenvalue weighted by atomic mass is 16.3. The monoisotopic (exact) mass is 175 g/mol. The van der Waals surface area contributed by atoms with Crippen molar-refractivity contribution in [2.24, 2.45) is 5.73 Å². The molecule has 1 aromatic rings. The van der Waals surface area contributed by atoms with Crippen LogP contribution in [0.25, 0.3) is 6.08 Å². The smallest absolute Gasteiger partial charge is 0.122 e. The molecule has 1 aliphatic carbocycles. The third-order valence-electron chi connectivity index (χ3n) is 2.36. The van der Waals surface area contributed by atoms with E-state index in [0.717, 1.165) is 18.4 Å². The minimum absolute atomic E-state index is 0.0950. The van der Waals surface area contributed by atoms with Crippen LogP contribution in [-0.2, 0) is 0 Å². The number of benzene rings is 1. The minimum atomic E-state index is -0.0950. The molecule has 1 saturated carbocycles. The molecule has 0 radical (unpaired) electrons. The molecule has 2 heteroatoms. The van der Waals surface area contributed by atoms with Gasteiger partial charge in [-0.15, -0.1) is 0 Å². The number of phenolic OH excluding ortho intramolecular Hbond substituents is 1. The number of hydrogen-bond donors (Lipinski definition) is 2. The Morgan fingerprint density at radius 2 is 2.00 bits per heavy atom. The van der Waals surface area contributed by atoms with Crippen molar-refractivity contribution in [1.29, 1.82) is 0 Å². The van der Waals surface area contributed by atoms with Crippen LogP contribution in [0.1, 0.15) is 18.4 Å². The lowest BCUT2D eigenvalue weighted by Crippen LogP contribution is -2.17. The van der Waals surface area contributed by atoms with E-state index in [1.807, 2.05) is 30.4 Å². The van der Waals surface area contributed by atoms with Crippen LogP contribution in [0.15, 0.2) is 30.3 Å². The van der Waals surface area contributed by atoms with Crippen molar-refractivity contribution in [3.63, 3.8) is 0 Å². The van der Waals surface area contributed by atoms with E-state index >= 15 is 0 Å². The number of aromatic hydroxyl groups is 1. The molecule has 3 N–H and O–H groups in total. The van der Waals surface area contributed by atoms with Gasteiger partial charge in [-0.25, -0.2) is 0 Å². The predicted molar refractivity (Wildman–Crippen MR) is 53.3 cm³/mol. The summed E-state index contributed by atoms with van der Waals surface area (Å²) in [5.74, 6) is 0.308. The van der Waals surface area contributed by atoms with Crippen LogP contribution in [0.2, 0.25) is 0 Å². The van der Waals surface area contributed by atoms with Gasteiger partial charge in [-0.1, -0.05) is 30.4 Å². The van der Waals surface area contributed by atoms with Gasteiger partial charge in [-0.05, 0) is 18.9 Å². The van der Waals surface area contributed by atoms with Crippen LogP contribution < -0.4 is 5.73 Å². The molecule has 2 nitrogen and oxygen atoms in total. The summed E-state index contributed by atoms with van der Waals surface area (Å²) in [5.41, 5.74) is 6.61. The number of phenols is 1. The lowest BCUT2D eigenvalue weighted by molar-refractivity contribution is 0.474. The molecule has 0 unspecified atom stereocenters. The minimum Gasteiger partial charge on any atom is -0.507 e. The SMILES string of the molecule is NC1(/C=C/c2ccccc2O)CC1. The van der Waals surface area contributed by atoms with Gasteiger partial charge in [-0.3, -0.25) is 0 Å². The first-order chi connectivity index (χ1) is 6.20. The molecule has 0 spiro atoms. The Bertz CT molecular complexity index is 340. The van der Waals surface area contributed by atoms with Gasteiger partial charge in [0.25, 0.3) is 0 Å². The summed E-state index contributed by atoms with van der Waals surface area (Å²) in [6.07, 6.45) is 5.97. The molecule has 0 amide bonds. The molecule has 1 aliphatic rings. The van der Waals surface area contributed by atoms with Crippen molar-refractivity contribution in [2.75, 3.05) is 0 Å². The first kappa shape index (κ1) is 8.32. The lowest BCUT2D eigenvalue weighted by Gasteiger charge is -2.00. The van der Waals surface area contributed by atoms with Gasteiger partial charge >= 0.3 is 0 Å². The van der Waals surface area contributed by atoms with E-state index in [0.29, 0.717) is 5.75 Å². The molecular formula is C11H13NO. The molecule has 13 heavy (non-hydrogen) atoms. The number of nitrogens with two attached hydrogens (primary N) is 1. The quantitative estimate of drug-likeness (QED) is 0.721. The third kappa shape index (κ3) is 1.90. The summed E-state index contributed by atoms with van der Waals surface area (Å²) in [5, 5.41) is 9.44. The summed E-state index contributed by atoms with van der Waals surface area (Å²) in [6, 6.07) is 7.25. The predicted octanol–water partition coefficient (Wildman–Crippen LogP) is 1.90. The summed E-state index contributed by atoms with van der Waals surface area (Å²) in [6.45, 7) is 0. The van der Waals surface area contributed by atoms with E-state index in [9.17, 15) is 5.11 Å². The first-order valence-corrected chi connectivity index (χ1v) is 4.46. The standard InChI is InChI=1S/C11H13NO/c12-11(7-8-11)6-5-9-3-1-2-4-10(9)13/h1-6,13H,7-8,12H2/b6-5+. The Morgan fingerprint density at radius 3 is 2.62 bits per heavy atom. The van der Waals surface area contributed by atoms with Gasteiger partial charge in [-0.2, -0.15) is 0 Å². The molecule has 68 valence electrons. The van der Waals surface area contributed by atoms with E-state index in [1.54, 1.807) is 6.07 Å². The van der Waals surface area contributed by atoms with Gasteiger partial charge < -0.3 is 10.8 Å². The van der Waals surface area contributed by atoms with Gasteiger partial charge in [0.1, 0.15) is 5.75 Å². The van der Waals surface area contributed by atoms with Crippen molar-refractivity contribution < 1.29 is 5.11 Å². The maximum Gasteiger partial charge on any atom is 0.122 e. The normalized spacial score (nSPS) is 19.2. The van der Waals surface area contributed by atoms with E-state index in [-0.39, 0.29) is 5.54 Å². The highest BCUT2D eigenvalue weighted by Gasteiger charge is 2.34. The van der Waals surface area contributed by atoms with E-state index < -0.39 is 0 Å². The molecule has 0 aliphatic heterocycles. The Hall–Kier alpha value is -1.28. The van der Waals surface area contributed by atoms with Gasteiger partial charge in [0.2, 0.25) is 0 Å². The van der Waals surface area contributed by atoms with Crippen molar-refractivity contribution in [1.82, 2.24) is 0 Å². The molecule has 1 fully saturated rings. The second-order valence-electron chi connectivity index (χ2n) is 3.63. The average molecular weight is 175 g/mol. The highest BCUT2D eigenvalue weighted by molar-refractivity contribution is 5.58. The largest absolute Gasteiger partial charge is 0.507 e. The van der Waals surface area contributed by atoms with E-state index in [2.05, 4.69) is 0 Å². The summed E-state index contributed by atoms with van der Waals surface area (Å²) in [4.78, 5) is 0. The Kier molecular flexibility index (Phi) is 1.85. The van der Waals surface area contributed by atoms with Crippen LogP contribution >= 0.6 is 0 Å². The van der Waals surface area contributed by atoms with Crippen LogP contribution in [0.4, 0.5) is 0 Å². The lowest BCUT2D eigenvalue weighted by atomic mass is 10.1. The topological polar surface area (TPSA) is 46.2 Å². The molecular weight excluding hydrogens is 162 g/mol. The second-order valence-corrected chi connectivity index (χ2v) is 3.63. The van der Waals surface area contributed by atoms with Crippen LogP contribution in [0.5, 0.6) is 5.75 Å². The maximum absolute atomic E-state index is 9.44. The maximum atomic E-state index is 9.44. The number of para-hydroxylation sites is 1. The van der Waals surface area contributed by atoms with Crippen LogP contribution in [0.3, 0.4) is 0 Å². The number of rotatable bonds is 2. The van der Waals surface area contributed by atoms with E-state index in [1.165, 1.54) is 0 Å². The third-order valence-corrected chi connectivity index (χ3v) is 2.36. The summed E-state index contributed by atoms with van der Waals surface area (Å²) >= 11 is 0. The molecule has 0 saturated heterocycles. The zero-order valence-electron chi connectivity index (χ0n) is 7.40. The summed E-state index contributed by atoms with van der Waals surface area (Å²) in [7, 11) is 0. The molecule has 0 bridgehead atoms. The zero-order chi connectivity index (χ0) is 9.31. The van der Waals surface area contributed by atoms with Gasteiger partial charge in [0, 0.05) is 11.1 Å². The van der Waals surface area contributed by atoms with Crippen LogP contribution in [0, 0.1) is 0 Å². The van der Waals surface area contributed by atoms with Crippen molar-refractivity contribution in [3.05, 3.63) is 35.9 Å². The fourth-order valence-electron chi connectivity index (χ4n) is 1.20. The highest BCUT2D eigenvalue weighted by Crippen LogP contribution is 2.34. The molecule has 0 atom stereocenters. The molecule has 1 aromatic carbocycles.